The van der Waals surface area contributed by atoms with Crippen molar-refractivity contribution in [2.24, 2.45) is 10.1 Å². The number of hydrazine groups is 1. The number of aliphatic hydroxyl groups excluding tert-OH is 1. The van der Waals surface area contributed by atoms with Gasteiger partial charge in [-0.15, -0.1) is 0 Å². The molecule has 0 saturated carbocycles. The highest BCUT2D eigenvalue weighted by Gasteiger charge is 2.54. The van der Waals surface area contributed by atoms with Crippen molar-refractivity contribution in [3.05, 3.63) is 106 Å². The van der Waals surface area contributed by atoms with E-state index in [4.69, 9.17) is 25.1 Å². The summed E-state index contributed by atoms with van der Waals surface area (Å²) in [6.07, 6.45) is -5.33. The SMILES string of the molecule is [N-]=[N+]=Nc1ccccc1[C@@H]1OC(c2ccc(OCCCO)cc2)=N[C@]1(Cc1ccccc1)C(=O)NNCC(F)(F)F. The minimum atomic E-state index is -4.57. The maximum absolute atomic E-state index is 13.8. The first kappa shape index (κ1) is 29.4. The van der Waals surface area contributed by atoms with E-state index in [-0.39, 0.29) is 24.6 Å². The Kier molecular flexibility index (Phi) is 9.45. The Morgan fingerprint density at radius 2 is 1.80 bits per heavy atom. The van der Waals surface area contributed by atoms with Gasteiger partial charge in [0.1, 0.15) is 12.3 Å². The maximum atomic E-state index is 13.8. The fraction of sp³-hybridized carbons (Fsp3) is 0.286. The summed E-state index contributed by atoms with van der Waals surface area (Å²) in [6, 6.07) is 22.0. The summed E-state index contributed by atoms with van der Waals surface area (Å²) in [5.41, 5.74) is 13.1. The highest BCUT2D eigenvalue weighted by molar-refractivity contribution is 6.01. The van der Waals surface area contributed by atoms with Crippen LogP contribution in [0.15, 0.2) is 89.0 Å². The van der Waals surface area contributed by atoms with E-state index < -0.39 is 30.3 Å². The molecule has 41 heavy (non-hydrogen) atoms. The van der Waals surface area contributed by atoms with Crippen LogP contribution in [0.1, 0.15) is 29.2 Å². The molecule has 3 N–H and O–H groups in total. The van der Waals surface area contributed by atoms with E-state index in [0.717, 1.165) is 0 Å². The van der Waals surface area contributed by atoms with Gasteiger partial charge in [-0.05, 0) is 35.4 Å². The van der Waals surface area contributed by atoms with Gasteiger partial charge in [0.2, 0.25) is 5.90 Å². The Morgan fingerprint density at radius 3 is 2.49 bits per heavy atom. The molecule has 1 aliphatic heterocycles. The minimum absolute atomic E-state index is 0.00910. The van der Waals surface area contributed by atoms with Crippen molar-refractivity contribution >= 4 is 17.5 Å². The molecule has 0 unspecified atom stereocenters. The van der Waals surface area contributed by atoms with Crippen LogP contribution in [0.4, 0.5) is 18.9 Å². The van der Waals surface area contributed by atoms with Gasteiger partial charge >= 0.3 is 6.18 Å². The largest absolute Gasteiger partial charge is 0.494 e. The fourth-order valence-corrected chi connectivity index (χ4v) is 4.35. The summed E-state index contributed by atoms with van der Waals surface area (Å²) in [5, 5.41) is 12.7. The second-order valence-electron chi connectivity index (χ2n) is 9.12. The van der Waals surface area contributed by atoms with Crippen molar-refractivity contribution in [1.29, 1.82) is 0 Å². The summed E-state index contributed by atoms with van der Waals surface area (Å²) in [4.78, 5) is 21.4. The molecule has 13 heteroatoms. The van der Waals surface area contributed by atoms with E-state index in [1.807, 2.05) is 5.43 Å². The number of amides is 1. The lowest BCUT2D eigenvalue weighted by Crippen LogP contribution is -2.55. The van der Waals surface area contributed by atoms with Gasteiger partial charge in [-0.3, -0.25) is 10.2 Å². The van der Waals surface area contributed by atoms with Crippen LogP contribution in [0.25, 0.3) is 10.4 Å². The third kappa shape index (κ3) is 7.34. The Hall–Kier alpha value is -4.58. The third-order valence-corrected chi connectivity index (χ3v) is 6.21. The lowest BCUT2D eigenvalue weighted by atomic mass is 9.81. The molecule has 0 aliphatic carbocycles. The van der Waals surface area contributed by atoms with Crippen molar-refractivity contribution in [2.75, 3.05) is 19.8 Å². The summed E-state index contributed by atoms with van der Waals surface area (Å²) < 4.78 is 50.5. The molecule has 0 spiro atoms. The number of ether oxygens (including phenoxy) is 2. The van der Waals surface area contributed by atoms with Gasteiger partial charge in [0.25, 0.3) is 5.91 Å². The van der Waals surface area contributed by atoms with Crippen LogP contribution in [-0.4, -0.2) is 48.4 Å². The van der Waals surface area contributed by atoms with E-state index in [1.54, 1.807) is 78.9 Å². The van der Waals surface area contributed by atoms with Crippen molar-refractivity contribution in [3.63, 3.8) is 0 Å². The van der Waals surface area contributed by atoms with Crippen molar-refractivity contribution in [1.82, 2.24) is 10.9 Å². The Bertz CT molecular complexity index is 1410. The normalized spacial score (nSPS) is 18.1. The first-order valence-electron chi connectivity index (χ1n) is 12.6. The van der Waals surface area contributed by atoms with Crippen molar-refractivity contribution in [3.8, 4) is 5.75 Å². The van der Waals surface area contributed by atoms with Crippen molar-refractivity contribution in [2.45, 2.75) is 30.7 Å². The smallest absolute Gasteiger partial charge is 0.402 e. The molecule has 10 nitrogen and oxygen atoms in total. The predicted molar refractivity (Wildman–Crippen MR) is 144 cm³/mol. The molecular weight excluding hydrogens is 541 g/mol. The topological polar surface area (TPSA) is 141 Å². The lowest BCUT2D eigenvalue weighted by Gasteiger charge is -2.31. The molecule has 0 bridgehead atoms. The van der Waals surface area contributed by atoms with E-state index in [9.17, 15) is 18.0 Å². The predicted octanol–water partition coefficient (Wildman–Crippen LogP) is 5.07. The third-order valence-electron chi connectivity index (χ3n) is 6.21. The van der Waals surface area contributed by atoms with E-state index in [1.165, 1.54) is 0 Å². The zero-order chi connectivity index (χ0) is 29.3. The second-order valence-corrected chi connectivity index (χ2v) is 9.12. The standard InChI is InChI=1S/C28H27F3N6O4/c29-28(30,31)18-33-36-26(39)27(17-19-7-2-1-3-8-19)24(22-9-4-5-10-23(22)35-37-32)41-25(34-27)20-11-13-21(14-12-20)40-16-6-15-38/h1-5,7-14,24,33,38H,6,15-18H2,(H,36,39)/t24-,27-/m0/s1. The molecule has 3 aromatic carbocycles. The number of rotatable bonds is 12. The molecule has 0 radical (unpaired) electrons. The van der Waals surface area contributed by atoms with Crippen molar-refractivity contribution < 1.29 is 32.5 Å². The van der Waals surface area contributed by atoms with Gasteiger partial charge in [-0.25, -0.2) is 10.4 Å². The number of alkyl halides is 3. The molecule has 1 aliphatic rings. The van der Waals surface area contributed by atoms with Gasteiger partial charge in [0, 0.05) is 41.2 Å². The number of nitrogens with zero attached hydrogens (tertiary/aromatic N) is 4. The highest BCUT2D eigenvalue weighted by Crippen LogP contribution is 2.45. The quantitative estimate of drug-likeness (QED) is 0.0920. The number of hydrogen-bond donors (Lipinski definition) is 3. The monoisotopic (exact) mass is 568 g/mol. The van der Waals surface area contributed by atoms with Gasteiger partial charge < -0.3 is 14.6 Å². The minimum Gasteiger partial charge on any atom is -0.494 e. The van der Waals surface area contributed by atoms with Gasteiger partial charge in [0.15, 0.2) is 11.6 Å². The molecule has 1 amide bonds. The van der Waals surface area contributed by atoms with Crippen LogP contribution >= 0.6 is 0 Å². The second kappa shape index (κ2) is 13.2. The summed E-state index contributed by atoms with van der Waals surface area (Å²) in [7, 11) is 0. The van der Waals surface area contributed by atoms with Crippen LogP contribution in [0.5, 0.6) is 5.75 Å². The number of aliphatic imine (C=N–C) groups is 1. The van der Waals surface area contributed by atoms with E-state index >= 15 is 0 Å². The summed E-state index contributed by atoms with van der Waals surface area (Å²) >= 11 is 0. The molecule has 0 fully saturated rings. The van der Waals surface area contributed by atoms with E-state index in [0.29, 0.717) is 35.5 Å². The maximum Gasteiger partial charge on any atom is 0.402 e. The molecule has 0 saturated heterocycles. The molecule has 0 aromatic heterocycles. The number of nitrogens with one attached hydrogen (secondary N) is 2. The van der Waals surface area contributed by atoms with Crippen LogP contribution in [-0.2, 0) is 16.0 Å². The Labute approximate surface area is 233 Å². The number of aliphatic hydroxyl groups is 1. The Morgan fingerprint density at radius 1 is 1.10 bits per heavy atom. The lowest BCUT2D eigenvalue weighted by molar-refractivity contribution is -0.136. The number of carbonyl (C=O) groups is 1. The first-order valence-corrected chi connectivity index (χ1v) is 12.6. The molecule has 2 atom stereocenters. The summed E-state index contributed by atoms with van der Waals surface area (Å²) in [5.74, 6) is -0.268. The number of halogens is 3. The van der Waals surface area contributed by atoms with Gasteiger partial charge in [0.05, 0.1) is 6.61 Å². The van der Waals surface area contributed by atoms with Gasteiger partial charge in [-0.2, -0.15) is 13.2 Å². The molecule has 214 valence electrons. The highest BCUT2D eigenvalue weighted by atomic mass is 19.4. The number of benzene rings is 3. The average Bonchev–Trinajstić information content (AvgIpc) is 3.34. The Balaban J connectivity index is 1.80. The van der Waals surface area contributed by atoms with Gasteiger partial charge in [-0.1, -0.05) is 59.7 Å². The van der Waals surface area contributed by atoms with Crippen LogP contribution < -0.4 is 15.6 Å². The number of azide groups is 1. The molecule has 1 heterocycles. The van der Waals surface area contributed by atoms with Crippen LogP contribution in [0.3, 0.4) is 0 Å². The van der Waals surface area contributed by atoms with E-state index in [2.05, 4.69) is 15.5 Å². The average molecular weight is 569 g/mol. The summed E-state index contributed by atoms with van der Waals surface area (Å²) in [6.45, 7) is -1.16. The van der Waals surface area contributed by atoms with Crippen LogP contribution in [0, 0.1) is 0 Å². The molecule has 4 rings (SSSR count). The van der Waals surface area contributed by atoms with Crippen LogP contribution in [0.2, 0.25) is 0 Å². The number of carbonyl (C=O) groups excluding carboxylic acids is 1. The zero-order valence-electron chi connectivity index (χ0n) is 21.7. The first-order chi connectivity index (χ1) is 19.8. The zero-order valence-corrected chi connectivity index (χ0v) is 21.7. The molecular formula is C28H27F3N6O4. The number of hydrogen-bond acceptors (Lipinski definition) is 7. The molecule has 3 aromatic rings. The fourth-order valence-electron chi connectivity index (χ4n) is 4.35.